The molecule has 0 aliphatic carbocycles. The minimum absolute atomic E-state index is 0.187. The van der Waals surface area contributed by atoms with Gasteiger partial charge in [-0.3, -0.25) is 0 Å². The van der Waals surface area contributed by atoms with E-state index >= 15 is 0 Å². The van der Waals surface area contributed by atoms with Crippen LogP contribution in [0.5, 0.6) is 5.75 Å². The summed E-state index contributed by atoms with van der Waals surface area (Å²) in [6, 6.07) is 8.30. The molecule has 2 heterocycles. The number of thiophene rings is 1. The maximum atomic E-state index is 13.2. The molecule has 1 aromatic carbocycles. The predicted octanol–water partition coefficient (Wildman–Crippen LogP) is 3.75. The molecule has 1 aromatic heterocycles. The number of rotatable bonds is 1. The number of aliphatic hydroxyl groups is 1. The first-order chi connectivity index (χ1) is 8.63. The van der Waals surface area contributed by atoms with Gasteiger partial charge in [0.15, 0.2) is 0 Å². The summed E-state index contributed by atoms with van der Waals surface area (Å²) in [4.78, 5) is 2.27. The smallest absolute Gasteiger partial charge is 0.136 e. The van der Waals surface area contributed by atoms with Crippen LogP contribution in [0.15, 0.2) is 30.3 Å². The van der Waals surface area contributed by atoms with Crippen LogP contribution in [-0.4, -0.2) is 5.11 Å². The van der Waals surface area contributed by atoms with Gasteiger partial charge in [-0.1, -0.05) is 0 Å². The minimum Gasteiger partial charge on any atom is -0.484 e. The van der Waals surface area contributed by atoms with Crippen molar-refractivity contribution in [1.29, 1.82) is 0 Å². The fourth-order valence-corrected chi connectivity index (χ4v) is 3.14. The molecule has 2 aromatic rings. The average Bonchev–Trinajstić information content (AvgIpc) is 2.75. The molecule has 1 aliphatic rings. The van der Waals surface area contributed by atoms with E-state index in [4.69, 9.17) is 4.74 Å². The largest absolute Gasteiger partial charge is 0.484 e. The number of hydrogen-bond acceptors (Lipinski definition) is 3. The second-order valence-electron chi connectivity index (χ2n) is 4.49. The van der Waals surface area contributed by atoms with Crippen molar-refractivity contribution in [1.82, 2.24) is 0 Å². The Morgan fingerprint density at radius 1 is 1.33 bits per heavy atom. The summed E-state index contributed by atoms with van der Waals surface area (Å²) >= 11 is 1.65. The standard InChI is InChI=1S/C14H13FO2S/c1-8-2-5-14(18-8)13-7-11(16)10-4-3-9(15)6-12(10)17-13/h2-6,11,13,16H,7H2,1H3/t11-,13?/m0/s1. The summed E-state index contributed by atoms with van der Waals surface area (Å²) < 4.78 is 19.0. The van der Waals surface area contributed by atoms with Gasteiger partial charge < -0.3 is 9.84 Å². The van der Waals surface area contributed by atoms with Crippen LogP contribution in [0, 0.1) is 12.7 Å². The van der Waals surface area contributed by atoms with E-state index in [1.165, 1.54) is 17.0 Å². The molecule has 2 nitrogen and oxygen atoms in total. The number of aryl methyl sites for hydroxylation is 1. The van der Waals surface area contributed by atoms with Crippen molar-refractivity contribution >= 4 is 11.3 Å². The Bertz CT molecular complexity index is 579. The van der Waals surface area contributed by atoms with Crippen LogP contribution in [0.3, 0.4) is 0 Å². The number of halogens is 1. The van der Waals surface area contributed by atoms with E-state index in [0.717, 1.165) is 4.88 Å². The van der Waals surface area contributed by atoms with Gasteiger partial charge >= 0.3 is 0 Å². The Morgan fingerprint density at radius 3 is 2.89 bits per heavy atom. The highest BCUT2D eigenvalue weighted by Crippen LogP contribution is 2.42. The molecule has 0 saturated carbocycles. The van der Waals surface area contributed by atoms with Crippen LogP contribution in [0.4, 0.5) is 4.39 Å². The number of hydrogen-bond donors (Lipinski definition) is 1. The van der Waals surface area contributed by atoms with Crippen LogP contribution >= 0.6 is 11.3 Å². The van der Waals surface area contributed by atoms with Crippen molar-refractivity contribution in [3.8, 4) is 5.75 Å². The molecule has 1 N–H and O–H groups in total. The lowest BCUT2D eigenvalue weighted by Crippen LogP contribution is -2.18. The molecule has 0 radical (unpaired) electrons. The van der Waals surface area contributed by atoms with Gasteiger partial charge in [-0.2, -0.15) is 0 Å². The van der Waals surface area contributed by atoms with Gasteiger partial charge in [-0.15, -0.1) is 11.3 Å². The van der Waals surface area contributed by atoms with Crippen molar-refractivity contribution in [3.05, 3.63) is 51.5 Å². The zero-order valence-corrected chi connectivity index (χ0v) is 10.7. The number of fused-ring (bicyclic) bond motifs is 1. The first-order valence-electron chi connectivity index (χ1n) is 5.84. The molecule has 1 aliphatic heterocycles. The highest BCUT2D eigenvalue weighted by molar-refractivity contribution is 7.12. The molecule has 18 heavy (non-hydrogen) atoms. The lowest BCUT2D eigenvalue weighted by atomic mass is 9.98. The molecule has 0 amide bonds. The third kappa shape index (κ3) is 2.02. The Labute approximate surface area is 109 Å². The van der Waals surface area contributed by atoms with Crippen molar-refractivity contribution in [2.45, 2.75) is 25.6 Å². The summed E-state index contributed by atoms with van der Waals surface area (Å²) in [6.45, 7) is 2.03. The summed E-state index contributed by atoms with van der Waals surface area (Å²) in [5.41, 5.74) is 0.668. The monoisotopic (exact) mass is 264 g/mol. The van der Waals surface area contributed by atoms with Gasteiger partial charge in [0, 0.05) is 27.8 Å². The first kappa shape index (κ1) is 11.7. The predicted molar refractivity (Wildman–Crippen MR) is 68.4 cm³/mol. The lowest BCUT2D eigenvalue weighted by molar-refractivity contribution is 0.0671. The lowest BCUT2D eigenvalue weighted by Gasteiger charge is -2.29. The molecule has 3 rings (SSSR count). The third-order valence-corrected chi connectivity index (χ3v) is 4.21. The quantitative estimate of drug-likeness (QED) is 0.850. The second-order valence-corrected chi connectivity index (χ2v) is 5.81. The van der Waals surface area contributed by atoms with Crippen LogP contribution in [0.2, 0.25) is 0 Å². The van der Waals surface area contributed by atoms with Crippen molar-refractivity contribution in [3.63, 3.8) is 0 Å². The fourth-order valence-electron chi connectivity index (χ4n) is 2.22. The molecule has 2 atom stereocenters. The van der Waals surface area contributed by atoms with Crippen LogP contribution < -0.4 is 4.74 Å². The Morgan fingerprint density at radius 2 is 2.17 bits per heavy atom. The maximum absolute atomic E-state index is 13.2. The van der Waals surface area contributed by atoms with E-state index in [1.807, 2.05) is 19.1 Å². The Kier molecular flexibility index (Phi) is 2.84. The molecular weight excluding hydrogens is 251 g/mol. The highest BCUT2D eigenvalue weighted by atomic mass is 32.1. The zero-order chi connectivity index (χ0) is 12.7. The van der Waals surface area contributed by atoms with Crippen molar-refractivity contribution in [2.75, 3.05) is 0 Å². The van der Waals surface area contributed by atoms with Crippen LogP contribution in [0.1, 0.15) is 33.9 Å². The van der Waals surface area contributed by atoms with E-state index in [1.54, 1.807) is 17.4 Å². The molecular formula is C14H13FO2S. The zero-order valence-electron chi connectivity index (χ0n) is 9.89. The van der Waals surface area contributed by atoms with E-state index in [2.05, 4.69) is 0 Å². The summed E-state index contributed by atoms with van der Waals surface area (Å²) in [7, 11) is 0. The molecule has 0 bridgehead atoms. The highest BCUT2D eigenvalue weighted by Gasteiger charge is 2.29. The molecule has 4 heteroatoms. The van der Waals surface area contributed by atoms with E-state index in [-0.39, 0.29) is 11.9 Å². The topological polar surface area (TPSA) is 29.5 Å². The van der Waals surface area contributed by atoms with E-state index in [0.29, 0.717) is 17.7 Å². The Balaban J connectivity index is 1.95. The second kappa shape index (κ2) is 4.37. The summed E-state index contributed by atoms with van der Waals surface area (Å²) in [6.07, 6.45) is -0.270. The number of aliphatic hydroxyl groups excluding tert-OH is 1. The van der Waals surface area contributed by atoms with Crippen LogP contribution in [-0.2, 0) is 0 Å². The van der Waals surface area contributed by atoms with E-state index < -0.39 is 6.10 Å². The van der Waals surface area contributed by atoms with Gasteiger partial charge in [-0.25, -0.2) is 4.39 Å². The van der Waals surface area contributed by atoms with Gasteiger partial charge in [0.05, 0.1) is 6.10 Å². The summed E-state index contributed by atoms with van der Waals surface area (Å²) in [5.74, 6) is 0.105. The number of benzene rings is 1. The van der Waals surface area contributed by atoms with Crippen molar-refractivity contribution < 1.29 is 14.2 Å². The first-order valence-corrected chi connectivity index (χ1v) is 6.65. The van der Waals surface area contributed by atoms with Gasteiger partial charge in [0.2, 0.25) is 0 Å². The number of ether oxygens (including phenoxy) is 1. The van der Waals surface area contributed by atoms with Gasteiger partial charge in [-0.05, 0) is 31.2 Å². The minimum atomic E-state index is -0.596. The van der Waals surface area contributed by atoms with E-state index in [9.17, 15) is 9.50 Å². The summed E-state index contributed by atoms with van der Waals surface area (Å²) in [5, 5.41) is 10.1. The SMILES string of the molecule is Cc1ccc(C2C[C@H](O)c3ccc(F)cc3O2)s1. The normalized spacial score (nSPS) is 22.4. The molecule has 0 fully saturated rings. The molecule has 0 spiro atoms. The Hall–Kier alpha value is -1.39. The average molecular weight is 264 g/mol. The van der Waals surface area contributed by atoms with Crippen LogP contribution in [0.25, 0.3) is 0 Å². The molecule has 0 saturated heterocycles. The molecule has 94 valence electrons. The van der Waals surface area contributed by atoms with Gasteiger partial charge in [0.1, 0.15) is 17.7 Å². The van der Waals surface area contributed by atoms with Crippen molar-refractivity contribution in [2.24, 2.45) is 0 Å². The third-order valence-electron chi connectivity index (χ3n) is 3.12. The fraction of sp³-hybridized carbons (Fsp3) is 0.286. The molecule has 1 unspecified atom stereocenters. The van der Waals surface area contributed by atoms with Gasteiger partial charge in [0.25, 0.3) is 0 Å². The maximum Gasteiger partial charge on any atom is 0.136 e.